The normalized spacial score (nSPS) is 10.8. The molecule has 6 nitrogen and oxygen atoms in total. The summed E-state index contributed by atoms with van der Waals surface area (Å²) in [5.41, 5.74) is 3.06. The van der Waals surface area contributed by atoms with Gasteiger partial charge < -0.3 is 19.5 Å². The molecule has 6 heteroatoms. The minimum absolute atomic E-state index is 0.256. The molecule has 0 saturated heterocycles. The molecule has 1 amide bonds. The highest BCUT2D eigenvalue weighted by Crippen LogP contribution is 2.29. The van der Waals surface area contributed by atoms with E-state index in [1.807, 2.05) is 25.1 Å². The van der Waals surface area contributed by atoms with Gasteiger partial charge in [0, 0.05) is 5.69 Å². The van der Waals surface area contributed by atoms with Crippen molar-refractivity contribution in [1.82, 2.24) is 0 Å². The van der Waals surface area contributed by atoms with Crippen LogP contribution >= 0.6 is 0 Å². The predicted molar refractivity (Wildman–Crippen MR) is 122 cm³/mol. The van der Waals surface area contributed by atoms with Crippen LogP contribution in [0.2, 0.25) is 0 Å². The molecule has 0 aromatic heterocycles. The number of hydrogen-bond acceptors (Lipinski definition) is 5. The Morgan fingerprint density at radius 2 is 1.77 bits per heavy atom. The second-order valence-corrected chi connectivity index (χ2v) is 8.21. The van der Waals surface area contributed by atoms with Crippen LogP contribution in [0.4, 0.5) is 5.69 Å². The standard InChI is InChI=1S/C25H33NO5/c1-16(2)12-13-30-21-11-10-19(14-22(21)29-6)25(28)31-15-23(27)26-24-18(5)8-7-9-20(24)17(3)4/h7-11,14,16-17H,12-13,15H2,1-6H3,(H,26,27). The van der Waals surface area contributed by atoms with Crippen LogP contribution in [-0.4, -0.2) is 32.2 Å². The van der Waals surface area contributed by atoms with E-state index in [1.165, 1.54) is 7.11 Å². The third-order valence-corrected chi connectivity index (χ3v) is 4.88. The smallest absolute Gasteiger partial charge is 0.338 e. The van der Waals surface area contributed by atoms with Crippen molar-refractivity contribution in [3.8, 4) is 11.5 Å². The molecular formula is C25H33NO5. The van der Waals surface area contributed by atoms with Crippen molar-refractivity contribution in [3.63, 3.8) is 0 Å². The van der Waals surface area contributed by atoms with E-state index < -0.39 is 5.97 Å². The second-order valence-electron chi connectivity index (χ2n) is 8.21. The van der Waals surface area contributed by atoms with Crippen LogP contribution in [0.25, 0.3) is 0 Å². The number of carbonyl (C=O) groups excluding carboxylic acids is 2. The van der Waals surface area contributed by atoms with Crippen LogP contribution in [0.15, 0.2) is 36.4 Å². The number of ether oxygens (including phenoxy) is 3. The van der Waals surface area contributed by atoms with Gasteiger partial charge in [-0.15, -0.1) is 0 Å². The number of para-hydroxylation sites is 1. The maximum absolute atomic E-state index is 12.4. The Hall–Kier alpha value is -3.02. The van der Waals surface area contributed by atoms with E-state index in [-0.39, 0.29) is 18.4 Å². The van der Waals surface area contributed by atoms with E-state index in [2.05, 4.69) is 33.0 Å². The lowest BCUT2D eigenvalue weighted by Gasteiger charge is -2.16. The number of benzene rings is 2. The zero-order valence-electron chi connectivity index (χ0n) is 19.3. The third-order valence-electron chi connectivity index (χ3n) is 4.88. The van der Waals surface area contributed by atoms with Crippen molar-refractivity contribution in [2.24, 2.45) is 5.92 Å². The zero-order valence-corrected chi connectivity index (χ0v) is 19.3. The highest BCUT2D eigenvalue weighted by Gasteiger charge is 2.16. The minimum atomic E-state index is -0.601. The number of methoxy groups -OCH3 is 1. The lowest BCUT2D eigenvalue weighted by molar-refractivity contribution is -0.119. The largest absolute Gasteiger partial charge is 0.493 e. The number of carbonyl (C=O) groups is 2. The van der Waals surface area contributed by atoms with Crippen LogP contribution in [0.1, 0.15) is 61.5 Å². The molecule has 0 aliphatic carbocycles. The summed E-state index contributed by atoms with van der Waals surface area (Å²) in [4.78, 5) is 24.8. The van der Waals surface area contributed by atoms with Crippen molar-refractivity contribution in [2.45, 2.75) is 47.0 Å². The first-order valence-corrected chi connectivity index (χ1v) is 10.6. The Morgan fingerprint density at radius 1 is 1.03 bits per heavy atom. The number of nitrogens with one attached hydrogen (secondary N) is 1. The molecular weight excluding hydrogens is 394 g/mol. The molecule has 0 aliphatic rings. The summed E-state index contributed by atoms with van der Waals surface area (Å²) in [6.07, 6.45) is 0.918. The molecule has 2 aromatic carbocycles. The fourth-order valence-corrected chi connectivity index (χ4v) is 3.05. The number of aryl methyl sites for hydroxylation is 1. The molecule has 168 valence electrons. The zero-order chi connectivity index (χ0) is 23.0. The monoisotopic (exact) mass is 427 g/mol. The van der Waals surface area contributed by atoms with Crippen LogP contribution < -0.4 is 14.8 Å². The van der Waals surface area contributed by atoms with Gasteiger partial charge in [-0.25, -0.2) is 4.79 Å². The quantitative estimate of drug-likeness (QED) is 0.518. The third kappa shape index (κ3) is 7.02. The van der Waals surface area contributed by atoms with Crippen LogP contribution in [0.5, 0.6) is 11.5 Å². The molecule has 0 saturated carbocycles. The van der Waals surface area contributed by atoms with Gasteiger partial charge >= 0.3 is 5.97 Å². The lowest BCUT2D eigenvalue weighted by Crippen LogP contribution is -2.22. The van der Waals surface area contributed by atoms with Crippen molar-refractivity contribution >= 4 is 17.6 Å². The van der Waals surface area contributed by atoms with Gasteiger partial charge in [-0.3, -0.25) is 4.79 Å². The maximum atomic E-state index is 12.4. The van der Waals surface area contributed by atoms with Gasteiger partial charge in [-0.2, -0.15) is 0 Å². The van der Waals surface area contributed by atoms with E-state index in [9.17, 15) is 9.59 Å². The predicted octanol–water partition coefficient (Wildman–Crippen LogP) is 5.35. The van der Waals surface area contributed by atoms with E-state index in [0.717, 1.165) is 23.2 Å². The summed E-state index contributed by atoms with van der Waals surface area (Å²) >= 11 is 0. The van der Waals surface area contributed by atoms with Gasteiger partial charge in [0.1, 0.15) is 0 Å². The molecule has 2 rings (SSSR count). The molecule has 0 bridgehead atoms. The van der Waals surface area contributed by atoms with Gasteiger partial charge in [-0.1, -0.05) is 45.9 Å². The number of anilines is 1. The van der Waals surface area contributed by atoms with Gasteiger partial charge in [-0.05, 0) is 54.5 Å². The van der Waals surface area contributed by atoms with E-state index >= 15 is 0 Å². The molecule has 0 fully saturated rings. The highest BCUT2D eigenvalue weighted by molar-refractivity contribution is 5.96. The Morgan fingerprint density at radius 3 is 2.42 bits per heavy atom. The number of esters is 1. The lowest BCUT2D eigenvalue weighted by atomic mass is 9.98. The topological polar surface area (TPSA) is 73.9 Å². The molecule has 0 heterocycles. The summed E-state index contributed by atoms with van der Waals surface area (Å²) in [6.45, 7) is 10.5. The Bertz CT molecular complexity index is 905. The van der Waals surface area contributed by atoms with Crippen LogP contribution in [0, 0.1) is 12.8 Å². The van der Waals surface area contributed by atoms with Gasteiger partial charge in [0.25, 0.3) is 5.91 Å². The molecule has 0 radical (unpaired) electrons. The fourth-order valence-electron chi connectivity index (χ4n) is 3.05. The Kier molecular flexibility index (Phi) is 8.91. The Labute approximate surface area is 184 Å². The first-order valence-electron chi connectivity index (χ1n) is 10.6. The number of hydrogen-bond donors (Lipinski definition) is 1. The molecule has 0 spiro atoms. The summed E-state index contributed by atoms with van der Waals surface area (Å²) in [7, 11) is 1.52. The maximum Gasteiger partial charge on any atom is 0.338 e. The van der Waals surface area contributed by atoms with Crippen LogP contribution in [-0.2, 0) is 9.53 Å². The van der Waals surface area contributed by atoms with Crippen molar-refractivity contribution < 1.29 is 23.8 Å². The number of rotatable bonds is 10. The first-order chi connectivity index (χ1) is 14.7. The van der Waals surface area contributed by atoms with Crippen molar-refractivity contribution in [2.75, 3.05) is 25.6 Å². The molecule has 0 atom stereocenters. The summed E-state index contributed by atoms with van der Waals surface area (Å²) in [6, 6.07) is 10.7. The fraction of sp³-hybridized carbons (Fsp3) is 0.440. The van der Waals surface area contributed by atoms with E-state index in [0.29, 0.717) is 29.6 Å². The highest BCUT2D eigenvalue weighted by atomic mass is 16.5. The second kappa shape index (κ2) is 11.4. The summed E-state index contributed by atoms with van der Waals surface area (Å²) in [5.74, 6) is 0.817. The van der Waals surface area contributed by atoms with Crippen molar-refractivity contribution in [1.29, 1.82) is 0 Å². The summed E-state index contributed by atoms with van der Waals surface area (Å²) < 4.78 is 16.3. The summed E-state index contributed by atoms with van der Waals surface area (Å²) in [5, 5.41) is 2.87. The van der Waals surface area contributed by atoms with Gasteiger partial charge in [0.2, 0.25) is 0 Å². The SMILES string of the molecule is COc1cc(C(=O)OCC(=O)Nc2c(C)cccc2C(C)C)ccc1OCCC(C)C. The molecule has 0 unspecified atom stereocenters. The van der Waals surface area contributed by atoms with E-state index in [4.69, 9.17) is 14.2 Å². The van der Waals surface area contributed by atoms with Gasteiger partial charge in [0.15, 0.2) is 18.1 Å². The first kappa shape index (κ1) is 24.3. The average molecular weight is 428 g/mol. The number of amides is 1. The molecule has 0 aliphatic heterocycles. The minimum Gasteiger partial charge on any atom is -0.493 e. The molecule has 31 heavy (non-hydrogen) atoms. The van der Waals surface area contributed by atoms with E-state index in [1.54, 1.807) is 18.2 Å². The van der Waals surface area contributed by atoms with Gasteiger partial charge in [0.05, 0.1) is 19.3 Å². The molecule has 2 aromatic rings. The molecule has 1 N–H and O–H groups in total. The van der Waals surface area contributed by atoms with Crippen molar-refractivity contribution in [3.05, 3.63) is 53.1 Å². The van der Waals surface area contributed by atoms with Crippen LogP contribution in [0.3, 0.4) is 0 Å². The average Bonchev–Trinajstić information content (AvgIpc) is 2.73. The Balaban J connectivity index is 1.99.